The van der Waals surface area contributed by atoms with Gasteiger partial charge in [0.05, 0.1) is 12.7 Å². The van der Waals surface area contributed by atoms with Crippen molar-refractivity contribution in [2.45, 2.75) is 18.9 Å². The largest absolute Gasteiger partial charge is 0.317 e. The quantitative estimate of drug-likeness (QED) is 0.819. The van der Waals surface area contributed by atoms with Gasteiger partial charge in [-0.15, -0.1) is 12.4 Å². The molecule has 0 unspecified atom stereocenters. The highest BCUT2D eigenvalue weighted by molar-refractivity contribution is 5.95. The molecule has 5 nitrogen and oxygen atoms in total. The van der Waals surface area contributed by atoms with E-state index >= 15 is 0 Å². The van der Waals surface area contributed by atoms with Gasteiger partial charge in [-0.25, -0.2) is 4.98 Å². The van der Waals surface area contributed by atoms with E-state index in [2.05, 4.69) is 20.2 Å². The average molecular weight is 271 g/mol. The summed E-state index contributed by atoms with van der Waals surface area (Å²) >= 11 is 0. The van der Waals surface area contributed by atoms with Crippen LogP contribution in [0.25, 0.3) is 0 Å². The molecule has 1 aliphatic rings. The molecule has 6 heteroatoms. The van der Waals surface area contributed by atoms with Crippen LogP contribution in [0, 0.1) is 0 Å². The van der Waals surface area contributed by atoms with Gasteiger partial charge in [-0.2, -0.15) is 0 Å². The van der Waals surface area contributed by atoms with E-state index in [1.165, 1.54) is 6.20 Å². The number of rotatable bonds is 4. The summed E-state index contributed by atoms with van der Waals surface area (Å²) in [5, 5.41) is 3.28. The van der Waals surface area contributed by atoms with Gasteiger partial charge in [0, 0.05) is 31.5 Å². The molecule has 0 spiro atoms. The fraction of sp³-hybridized carbons (Fsp3) is 0.583. The molecule has 2 rings (SSSR count). The molecule has 0 amide bonds. The van der Waals surface area contributed by atoms with Crippen molar-refractivity contribution in [3.05, 3.63) is 24.3 Å². The smallest absolute Gasteiger partial charge is 0.196 e. The monoisotopic (exact) mass is 270 g/mol. The first-order valence-electron chi connectivity index (χ1n) is 5.98. The van der Waals surface area contributed by atoms with Gasteiger partial charge in [-0.3, -0.25) is 14.7 Å². The topological polar surface area (TPSA) is 58.1 Å². The number of carbonyl (C=O) groups excluding carboxylic acids is 1. The van der Waals surface area contributed by atoms with Crippen molar-refractivity contribution in [1.29, 1.82) is 0 Å². The second kappa shape index (κ2) is 7.41. The van der Waals surface area contributed by atoms with Crippen LogP contribution in [0.5, 0.6) is 0 Å². The van der Waals surface area contributed by atoms with Gasteiger partial charge in [-0.1, -0.05) is 0 Å². The van der Waals surface area contributed by atoms with E-state index in [-0.39, 0.29) is 18.2 Å². The van der Waals surface area contributed by atoms with E-state index in [4.69, 9.17) is 0 Å². The van der Waals surface area contributed by atoms with Crippen LogP contribution in [-0.4, -0.2) is 53.4 Å². The number of aromatic nitrogens is 2. The second-order valence-corrected chi connectivity index (χ2v) is 4.35. The Morgan fingerprint density at radius 1 is 1.44 bits per heavy atom. The number of nitrogens with zero attached hydrogens (tertiary/aromatic N) is 3. The summed E-state index contributed by atoms with van der Waals surface area (Å²) in [6, 6.07) is 0.595. The number of likely N-dealkylation sites (tertiary alicyclic amines) is 1. The van der Waals surface area contributed by atoms with Crippen molar-refractivity contribution >= 4 is 18.2 Å². The van der Waals surface area contributed by atoms with Gasteiger partial charge in [0.2, 0.25) is 0 Å². The zero-order valence-corrected chi connectivity index (χ0v) is 11.3. The minimum atomic E-state index is 0. The molecule has 1 aromatic rings. The molecular weight excluding hydrogens is 252 g/mol. The predicted molar refractivity (Wildman–Crippen MR) is 72.1 cm³/mol. The van der Waals surface area contributed by atoms with E-state index < -0.39 is 0 Å². The van der Waals surface area contributed by atoms with E-state index in [0.29, 0.717) is 18.3 Å². The maximum atomic E-state index is 11.9. The lowest BCUT2D eigenvalue weighted by atomic mass is 10.1. The normalized spacial score (nSPS) is 17.2. The SMILES string of the molecule is CNC1CCN(CC(=O)c2cnccn2)CC1.Cl. The number of halogens is 1. The molecule has 1 aromatic heterocycles. The van der Waals surface area contributed by atoms with Gasteiger partial charge in [0.15, 0.2) is 5.78 Å². The molecule has 1 saturated heterocycles. The summed E-state index contributed by atoms with van der Waals surface area (Å²) in [7, 11) is 1.99. The molecule has 0 radical (unpaired) electrons. The third-order valence-electron chi connectivity index (χ3n) is 3.21. The summed E-state index contributed by atoms with van der Waals surface area (Å²) in [6.45, 7) is 2.39. The fourth-order valence-electron chi connectivity index (χ4n) is 2.11. The lowest BCUT2D eigenvalue weighted by molar-refractivity contribution is 0.0900. The molecular formula is C12H19ClN4O. The van der Waals surface area contributed by atoms with Gasteiger partial charge in [0.25, 0.3) is 0 Å². The average Bonchev–Trinajstić information content (AvgIpc) is 2.40. The lowest BCUT2D eigenvalue weighted by Gasteiger charge is -2.30. The van der Waals surface area contributed by atoms with Crippen LogP contribution in [0.2, 0.25) is 0 Å². The Hall–Kier alpha value is -1.04. The van der Waals surface area contributed by atoms with Gasteiger partial charge >= 0.3 is 0 Å². The molecule has 0 saturated carbocycles. The van der Waals surface area contributed by atoms with Crippen LogP contribution >= 0.6 is 12.4 Å². The van der Waals surface area contributed by atoms with Crippen LogP contribution in [0.15, 0.2) is 18.6 Å². The summed E-state index contributed by atoms with van der Waals surface area (Å²) in [4.78, 5) is 22.0. The molecule has 0 bridgehead atoms. The third-order valence-corrected chi connectivity index (χ3v) is 3.21. The standard InChI is InChI=1S/C12H18N4O.ClH/c1-13-10-2-6-16(7-3-10)9-12(17)11-8-14-4-5-15-11;/h4-5,8,10,13H,2-3,6-7,9H2,1H3;1H. The van der Waals surface area contributed by atoms with Gasteiger partial charge in [-0.05, 0) is 19.9 Å². The molecule has 18 heavy (non-hydrogen) atoms. The maximum Gasteiger partial charge on any atom is 0.196 e. The summed E-state index contributed by atoms with van der Waals surface area (Å²) in [5.41, 5.74) is 0.461. The summed E-state index contributed by atoms with van der Waals surface area (Å²) in [5.74, 6) is 0.0565. The van der Waals surface area contributed by atoms with Crippen molar-refractivity contribution in [3.8, 4) is 0 Å². The highest BCUT2D eigenvalue weighted by Gasteiger charge is 2.20. The number of ketones is 1. The van der Waals surface area contributed by atoms with Crippen molar-refractivity contribution in [2.75, 3.05) is 26.7 Å². The molecule has 0 atom stereocenters. The van der Waals surface area contributed by atoms with E-state index in [0.717, 1.165) is 25.9 Å². The Morgan fingerprint density at radius 3 is 2.72 bits per heavy atom. The van der Waals surface area contributed by atoms with Gasteiger partial charge < -0.3 is 5.32 Å². The van der Waals surface area contributed by atoms with E-state index in [9.17, 15) is 4.79 Å². The Balaban J connectivity index is 0.00000162. The Morgan fingerprint density at radius 2 is 2.17 bits per heavy atom. The van der Waals surface area contributed by atoms with Crippen LogP contribution in [-0.2, 0) is 0 Å². The minimum Gasteiger partial charge on any atom is -0.317 e. The molecule has 1 N–H and O–H groups in total. The lowest BCUT2D eigenvalue weighted by Crippen LogP contribution is -2.43. The number of nitrogens with one attached hydrogen (secondary N) is 1. The van der Waals surface area contributed by atoms with Crippen molar-refractivity contribution < 1.29 is 4.79 Å². The maximum absolute atomic E-state index is 11.9. The number of hydrogen-bond donors (Lipinski definition) is 1. The fourth-order valence-corrected chi connectivity index (χ4v) is 2.11. The van der Waals surface area contributed by atoms with Crippen LogP contribution in [0.4, 0.5) is 0 Å². The summed E-state index contributed by atoms with van der Waals surface area (Å²) in [6.07, 6.45) is 6.87. The number of piperidine rings is 1. The number of hydrogen-bond acceptors (Lipinski definition) is 5. The molecule has 100 valence electrons. The number of Topliss-reactive ketones (excluding diaryl/α,β-unsaturated/α-hetero) is 1. The Bertz CT molecular complexity index is 366. The second-order valence-electron chi connectivity index (χ2n) is 4.35. The van der Waals surface area contributed by atoms with Crippen molar-refractivity contribution in [3.63, 3.8) is 0 Å². The highest BCUT2D eigenvalue weighted by Crippen LogP contribution is 2.10. The Labute approximate surface area is 113 Å². The van der Waals surface area contributed by atoms with Crippen molar-refractivity contribution in [1.82, 2.24) is 20.2 Å². The Kier molecular flexibility index (Phi) is 6.18. The third kappa shape index (κ3) is 4.01. The zero-order chi connectivity index (χ0) is 12.1. The predicted octanol–water partition coefficient (Wildman–Crippen LogP) is 0.765. The first kappa shape index (κ1) is 15.0. The molecule has 0 aliphatic carbocycles. The molecule has 1 fully saturated rings. The van der Waals surface area contributed by atoms with Crippen LogP contribution < -0.4 is 5.32 Å². The van der Waals surface area contributed by atoms with Crippen LogP contribution in [0.1, 0.15) is 23.3 Å². The molecule has 1 aliphatic heterocycles. The molecule has 2 heterocycles. The zero-order valence-electron chi connectivity index (χ0n) is 10.5. The minimum absolute atomic E-state index is 0. The van der Waals surface area contributed by atoms with E-state index in [1.54, 1.807) is 12.4 Å². The molecule has 0 aromatic carbocycles. The first-order chi connectivity index (χ1) is 8.29. The first-order valence-corrected chi connectivity index (χ1v) is 5.98. The summed E-state index contributed by atoms with van der Waals surface area (Å²) < 4.78 is 0. The van der Waals surface area contributed by atoms with Gasteiger partial charge in [0.1, 0.15) is 5.69 Å². The van der Waals surface area contributed by atoms with Crippen LogP contribution in [0.3, 0.4) is 0 Å². The van der Waals surface area contributed by atoms with Crippen molar-refractivity contribution in [2.24, 2.45) is 0 Å². The van der Waals surface area contributed by atoms with E-state index in [1.807, 2.05) is 7.05 Å². The number of carbonyl (C=O) groups is 1. The highest BCUT2D eigenvalue weighted by atomic mass is 35.5.